The molecule has 0 radical (unpaired) electrons. The van der Waals surface area contributed by atoms with Gasteiger partial charge < -0.3 is 4.74 Å². The van der Waals surface area contributed by atoms with E-state index in [9.17, 15) is 0 Å². The lowest BCUT2D eigenvalue weighted by atomic mass is 9.94. The first kappa shape index (κ1) is 17.2. The number of methoxy groups -OCH3 is 1. The molecule has 0 saturated carbocycles. The zero-order valence-corrected chi connectivity index (χ0v) is 14.4. The van der Waals surface area contributed by atoms with E-state index in [0.29, 0.717) is 5.92 Å². The Morgan fingerprint density at radius 3 is 1.96 bits per heavy atom. The van der Waals surface area contributed by atoms with Gasteiger partial charge in [-0.05, 0) is 54.3 Å². The first-order chi connectivity index (χ1) is 11.2. The van der Waals surface area contributed by atoms with Crippen LogP contribution < -0.4 is 4.74 Å². The van der Waals surface area contributed by atoms with Crippen LogP contribution in [0.15, 0.2) is 48.5 Å². The number of hydrogen-bond acceptors (Lipinski definition) is 1. The smallest absolute Gasteiger partial charge is 0.118 e. The van der Waals surface area contributed by atoms with Gasteiger partial charge in [-0.3, -0.25) is 0 Å². The molecule has 0 aromatic heterocycles. The highest BCUT2D eigenvalue weighted by atomic mass is 16.5. The van der Waals surface area contributed by atoms with Gasteiger partial charge in [0.25, 0.3) is 0 Å². The highest BCUT2D eigenvalue weighted by Gasteiger charge is 2.04. The van der Waals surface area contributed by atoms with Gasteiger partial charge in [0.2, 0.25) is 0 Å². The molecule has 0 N–H and O–H groups in total. The molecule has 120 valence electrons. The highest BCUT2D eigenvalue weighted by molar-refractivity contribution is 5.45. The fraction of sp³-hybridized carbons (Fsp3) is 0.364. The molecule has 1 atom stereocenters. The number of rotatable bonds is 6. The molecule has 0 saturated heterocycles. The summed E-state index contributed by atoms with van der Waals surface area (Å²) in [4.78, 5) is 0. The van der Waals surface area contributed by atoms with Crippen molar-refractivity contribution in [1.29, 1.82) is 0 Å². The second kappa shape index (κ2) is 9.06. The Morgan fingerprint density at radius 1 is 0.870 bits per heavy atom. The average molecular weight is 306 g/mol. The molecule has 1 unspecified atom stereocenters. The Bertz CT molecular complexity index is 641. The van der Waals surface area contributed by atoms with Crippen LogP contribution >= 0.6 is 0 Å². The number of ether oxygens (including phenoxy) is 1. The summed E-state index contributed by atoms with van der Waals surface area (Å²) >= 11 is 0. The van der Waals surface area contributed by atoms with E-state index in [1.54, 1.807) is 7.11 Å². The largest absolute Gasteiger partial charge is 0.497 e. The molecule has 0 spiro atoms. The molecular weight excluding hydrogens is 280 g/mol. The zero-order valence-electron chi connectivity index (χ0n) is 14.4. The van der Waals surface area contributed by atoms with Crippen LogP contribution in [0.5, 0.6) is 5.75 Å². The molecule has 2 aromatic carbocycles. The molecule has 0 aliphatic heterocycles. The Labute approximate surface area is 140 Å². The summed E-state index contributed by atoms with van der Waals surface area (Å²) in [6.45, 7) is 4.56. The molecule has 0 aliphatic carbocycles. The van der Waals surface area contributed by atoms with E-state index in [2.05, 4.69) is 50.0 Å². The molecule has 0 bridgehead atoms. The molecule has 1 heteroatoms. The summed E-state index contributed by atoms with van der Waals surface area (Å²) in [6, 6.07) is 16.5. The summed E-state index contributed by atoms with van der Waals surface area (Å²) in [5, 5.41) is 0. The lowest BCUT2D eigenvalue weighted by Gasteiger charge is -2.11. The summed E-state index contributed by atoms with van der Waals surface area (Å²) < 4.78 is 5.15. The van der Waals surface area contributed by atoms with Gasteiger partial charge in [-0.25, -0.2) is 0 Å². The molecular formula is C22H26O. The van der Waals surface area contributed by atoms with Gasteiger partial charge in [-0.2, -0.15) is 0 Å². The van der Waals surface area contributed by atoms with E-state index in [-0.39, 0.29) is 0 Å². The SMILES string of the molecule is CCCCCC(C)c1ccc(C#Cc2ccc(OC)cc2)cc1. The Kier molecular flexibility index (Phi) is 6.76. The summed E-state index contributed by atoms with van der Waals surface area (Å²) in [7, 11) is 1.67. The molecule has 0 fully saturated rings. The van der Waals surface area contributed by atoms with Crippen LogP contribution in [-0.2, 0) is 0 Å². The predicted octanol–water partition coefficient (Wildman–Crippen LogP) is 5.78. The quantitative estimate of drug-likeness (QED) is 0.485. The van der Waals surface area contributed by atoms with Crippen LogP contribution in [0.4, 0.5) is 0 Å². The summed E-state index contributed by atoms with van der Waals surface area (Å²) in [5.41, 5.74) is 3.48. The van der Waals surface area contributed by atoms with Crippen molar-refractivity contribution < 1.29 is 4.74 Å². The lowest BCUT2D eigenvalue weighted by Crippen LogP contribution is -1.93. The van der Waals surface area contributed by atoms with Crippen molar-refractivity contribution in [3.8, 4) is 17.6 Å². The van der Waals surface area contributed by atoms with Crippen molar-refractivity contribution in [3.05, 3.63) is 65.2 Å². The first-order valence-corrected chi connectivity index (χ1v) is 8.49. The van der Waals surface area contributed by atoms with Crippen molar-refractivity contribution in [2.24, 2.45) is 0 Å². The molecule has 0 heterocycles. The molecule has 2 aromatic rings. The van der Waals surface area contributed by atoms with Crippen LogP contribution in [0.2, 0.25) is 0 Å². The summed E-state index contributed by atoms with van der Waals surface area (Å²) in [5.74, 6) is 7.91. The van der Waals surface area contributed by atoms with E-state index >= 15 is 0 Å². The molecule has 0 amide bonds. The zero-order chi connectivity index (χ0) is 16.5. The molecule has 2 rings (SSSR count). The normalized spacial score (nSPS) is 11.4. The van der Waals surface area contributed by atoms with E-state index in [4.69, 9.17) is 4.74 Å². The van der Waals surface area contributed by atoms with Gasteiger partial charge in [-0.1, -0.05) is 57.1 Å². The standard InChI is InChI=1S/C22H26O/c1-4-5-6-7-18(2)21-14-10-19(11-15-21)8-9-20-12-16-22(23-3)17-13-20/h10-18H,4-7H2,1-3H3. The third kappa shape index (κ3) is 5.49. The van der Waals surface area contributed by atoms with Crippen LogP contribution in [0.1, 0.15) is 62.1 Å². The maximum Gasteiger partial charge on any atom is 0.118 e. The van der Waals surface area contributed by atoms with E-state index in [0.717, 1.165) is 16.9 Å². The van der Waals surface area contributed by atoms with Gasteiger partial charge in [0.05, 0.1) is 7.11 Å². The first-order valence-electron chi connectivity index (χ1n) is 8.49. The van der Waals surface area contributed by atoms with Crippen LogP contribution in [0.25, 0.3) is 0 Å². The van der Waals surface area contributed by atoms with Crippen molar-refractivity contribution in [3.63, 3.8) is 0 Å². The number of unbranched alkanes of at least 4 members (excludes halogenated alkanes) is 2. The van der Waals surface area contributed by atoms with Crippen molar-refractivity contribution in [2.75, 3.05) is 7.11 Å². The van der Waals surface area contributed by atoms with Gasteiger partial charge in [-0.15, -0.1) is 0 Å². The van der Waals surface area contributed by atoms with Gasteiger partial charge in [0.15, 0.2) is 0 Å². The third-order valence-corrected chi connectivity index (χ3v) is 4.16. The second-order valence-electron chi connectivity index (χ2n) is 6.00. The minimum atomic E-state index is 0.630. The van der Waals surface area contributed by atoms with Gasteiger partial charge >= 0.3 is 0 Å². The average Bonchev–Trinajstić information content (AvgIpc) is 2.61. The molecule has 23 heavy (non-hydrogen) atoms. The van der Waals surface area contributed by atoms with Gasteiger partial charge in [0.1, 0.15) is 5.75 Å². The van der Waals surface area contributed by atoms with E-state index in [1.807, 2.05) is 24.3 Å². The van der Waals surface area contributed by atoms with Crippen molar-refractivity contribution >= 4 is 0 Å². The van der Waals surface area contributed by atoms with Crippen molar-refractivity contribution in [2.45, 2.75) is 45.4 Å². The van der Waals surface area contributed by atoms with Gasteiger partial charge in [0, 0.05) is 11.1 Å². The third-order valence-electron chi connectivity index (χ3n) is 4.16. The van der Waals surface area contributed by atoms with E-state index < -0.39 is 0 Å². The Hall–Kier alpha value is -2.20. The number of hydrogen-bond donors (Lipinski definition) is 0. The topological polar surface area (TPSA) is 9.23 Å². The monoisotopic (exact) mass is 306 g/mol. The maximum atomic E-state index is 5.15. The maximum absolute atomic E-state index is 5.15. The molecule has 0 aliphatic rings. The van der Waals surface area contributed by atoms with E-state index in [1.165, 1.54) is 31.2 Å². The van der Waals surface area contributed by atoms with Crippen LogP contribution in [0.3, 0.4) is 0 Å². The second-order valence-corrected chi connectivity index (χ2v) is 6.00. The van der Waals surface area contributed by atoms with Crippen LogP contribution in [-0.4, -0.2) is 7.11 Å². The minimum absolute atomic E-state index is 0.630. The minimum Gasteiger partial charge on any atom is -0.497 e. The molecule has 1 nitrogen and oxygen atoms in total. The Balaban J connectivity index is 1.98. The lowest BCUT2D eigenvalue weighted by molar-refractivity contribution is 0.415. The van der Waals surface area contributed by atoms with Crippen molar-refractivity contribution in [1.82, 2.24) is 0 Å². The predicted molar refractivity (Wildman–Crippen MR) is 98.0 cm³/mol. The summed E-state index contributed by atoms with van der Waals surface area (Å²) in [6.07, 6.45) is 5.20. The fourth-order valence-electron chi connectivity index (χ4n) is 2.58. The Morgan fingerprint density at radius 2 is 1.43 bits per heavy atom. The van der Waals surface area contributed by atoms with Crippen LogP contribution in [0, 0.1) is 11.8 Å². The highest BCUT2D eigenvalue weighted by Crippen LogP contribution is 2.22. The fourth-order valence-corrected chi connectivity index (χ4v) is 2.58. The number of benzene rings is 2.